The number of thiocarbonyl (C=S) groups is 1. The van der Waals surface area contributed by atoms with E-state index in [2.05, 4.69) is 5.10 Å². The van der Waals surface area contributed by atoms with Crippen molar-refractivity contribution in [3.63, 3.8) is 0 Å². The van der Waals surface area contributed by atoms with Crippen LogP contribution in [0.15, 0.2) is 11.2 Å². The van der Waals surface area contributed by atoms with Gasteiger partial charge in [0, 0.05) is 13.6 Å². The summed E-state index contributed by atoms with van der Waals surface area (Å²) in [7, 11) is -2.20. The first kappa shape index (κ1) is 14.7. The van der Waals surface area contributed by atoms with Crippen LogP contribution < -0.4 is 5.73 Å². The summed E-state index contributed by atoms with van der Waals surface area (Å²) in [5, 5.41) is 3.95. The summed E-state index contributed by atoms with van der Waals surface area (Å²) in [5.74, 6) is 0. The first-order valence-corrected chi connectivity index (χ1v) is 8.07. The normalized spacial score (nSPS) is 21.5. The molecule has 0 bridgehead atoms. The van der Waals surface area contributed by atoms with Crippen LogP contribution in [0.2, 0.25) is 5.02 Å². The molecule has 106 valence electrons. The van der Waals surface area contributed by atoms with Crippen LogP contribution in [-0.4, -0.2) is 40.1 Å². The summed E-state index contributed by atoms with van der Waals surface area (Å²) in [6.45, 7) is 0.395. The van der Waals surface area contributed by atoms with E-state index in [9.17, 15) is 8.42 Å². The van der Waals surface area contributed by atoms with Crippen molar-refractivity contribution in [1.82, 2.24) is 14.1 Å². The highest BCUT2D eigenvalue weighted by atomic mass is 35.5. The molecule has 0 amide bonds. The van der Waals surface area contributed by atoms with Gasteiger partial charge in [-0.1, -0.05) is 30.2 Å². The monoisotopic (exact) mass is 322 g/mol. The van der Waals surface area contributed by atoms with E-state index in [4.69, 9.17) is 29.6 Å². The summed E-state index contributed by atoms with van der Waals surface area (Å²) >= 11 is 10.9. The van der Waals surface area contributed by atoms with Crippen molar-refractivity contribution in [3.8, 4) is 0 Å². The van der Waals surface area contributed by atoms with E-state index in [0.29, 0.717) is 13.0 Å². The van der Waals surface area contributed by atoms with Crippen LogP contribution >= 0.6 is 23.8 Å². The van der Waals surface area contributed by atoms with E-state index < -0.39 is 16.1 Å². The molecule has 0 aromatic carbocycles. The topological polar surface area (TPSA) is 81.2 Å². The summed E-state index contributed by atoms with van der Waals surface area (Å²) in [4.78, 5) is 0.196. The molecule has 2 N–H and O–H groups in total. The lowest BCUT2D eigenvalue weighted by molar-refractivity contribution is 0.304. The molecule has 1 aromatic heterocycles. The molecule has 1 saturated heterocycles. The molecule has 1 aliphatic heterocycles. The number of sulfonamides is 1. The Bertz CT molecular complexity index is 579. The zero-order valence-electron chi connectivity index (χ0n) is 10.4. The molecule has 6 nitrogen and oxygen atoms in total. The van der Waals surface area contributed by atoms with Crippen LogP contribution in [-0.2, 0) is 17.1 Å². The molecule has 19 heavy (non-hydrogen) atoms. The van der Waals surface area contributed by atoms with Crippen LogP contribution in [0.3, 0.4) is 0 Å². The Morgan fingerprint density at radius 3 is 2.79 bits per heavy atom. The first-order valence-electron chi connectivity index (χ1n) is 5.84. The molecular weight excluding hydrogens is 308 g/mol. The lowest BCUT2D eigenvalue weighted by atomic mass is 10.1. The fraction of sp³-hybridized carbons (Fsp3) is 0.600. The minimum Gasteiger partial charge on any atom is -0.392 e. The number of nitrogens with zero attached hydrogens (tertiary/aromatic N) is 3. The van der Waals surface area contributed by atoms with Crippen molar-refractivity contribution in [1.29, 1.82) is 0 Å². The third-order valence-electron chi connectivity index (χ3n) is 3.18. The molecule has 1 fully saturated rings. The fourth-order valence-electron chi connectivity index (χ4n) is 2.28. The third-order valence-corrected chi connectivity index (χ3v) is 5.87. The molecule has 1 atom stereocenters. The van der Waals surface area contributed by atoms with Gasteiger partial charge in [0.15, 0.2) is 5.03 Å². The van der Waals surface area contributed by atoms with Crippen molar-refractivity contribution in [3.05, 3.63) is 11.2 Å². The first-order chi connectivity index (χ1) is 8.85. The van der Waals surface area contributed by atoms with E-state index in [0.717, 1.165) is 12.8 Å². The van der Waals surface area contributed by atoms with Crippen LogP contribution in [0.25, 0.3) is 0 Å². The van der Waals surface area contributed by atoms with Crippen LogP contribution in [0, 0.1) is 0 Å². The average molecular weight is 323 g/mol. The number of halogens is 1. The Balaban J connectivity index is 2.46. The van der Waals surface area contributed by atoms with Crippen molar-refractivity contribution < 1.29 is 8.42 Å². The lowest BCUT2D eigenvalue weighted by Gasteiger charge is -2.33. The lowest BCUT2D eigenvalue weighted by Crippen LogP contribution is -2.50. The average Bonchev–Trinajstić information content (AvgIpc) is 2.69. The maximum atomic E-state index is 12.7. The minimum absolute atomic E-state index is 0.0164. The summed E-state index contributed by atoms with van der Waals surface area (Å²) < 4.78 is 27.9. The number of hydrogen-bond acceptors (Lipinski definition) is 4. The SMILES string of the molecule is Cn1ncc(Cl)c1S(=O)(=O)N1CCCCC1C(N)=S. The molecule has 9 heteroatoms. The highest BCUT2D eigenvalue weighted by molar-refractivity contribution is 7.89. The Hall–Kier alpha value is -0.700. The van der Waals surface area contributed by atoms with Gasteiger partial charge in [-0.3, -0.25) is 4.68 Å². The molecule has 1 unspecified atom stereocenters. The summed E-state index contributed by atoms with van der Waals surface area (Å²) in [6, 6.07) is -0.445. The van der Waals surface area contributed by atoms with Gasteiger partial charge in [-0.05, 0) is 12.8 Å². The standard InChI is InChI=1S/C10H15ClN4O2S2/c1-14-10(7(11)6-13-14)19(16,17)15-5-3-2-4-8(15)9(12)18/h6,8H,2-5H2,1H3,(H2,12,18). The molecule has 2 heterocycles. The maximum absolute atomic E-state index is 12.7. The summed E-state index contributed by atoms with van der Waals surface area (Å²) in [6.07, 6.45) is 3.65. The Morgan fingerprint density at radius 2 is 2.26 bits per heavy atom. The number of nitrogens with two attached hydrogens (primary N) is 1. The van der Waals surface area contributed by atoms with Gasteiger partial charge < -0.3 is 5.73 Å². The Morgan fingerprint density at radius 1 is 1.58 bits per heavy atom. The van der Waals surface area contributed by atoms with Gasteiger partial charge in [0.1, 0.15) is 0 Å². The Labute approximate surface area is 122 Å². The Kier molecular flexibility index (Phi) is 4.14. The molecule has 1 aromatic rings. The third kappa shape index (κ3) is 2.62. The van der Waals surface area contributed by atoms with Crippen LogP contribution in [0.4, 0.5) is 0 Å². The van der Waals surface area contributed by atoms with Gasteiger partial charge in [0.25, 0.3) is 10.0 Å². The van der Waals surface area contributed by atoms with Gasteiger partial charge in [-0.2, -0.15) is 9.40 Å². The van der Waals surface area contributed by atoms with E-state index in [1.807, 2.05) is 0 Å². The van der Waals surface area contributed by atoms with Gasteiger partial charge in [-0.25, -0.2) is 8.42 Å². The number of rotatable bonds is 3. The van der Waals surface area contributed by atoms with E-state index in [1.165, 1.54) is 15.2 Å². The minimum atomic E-state index is -3.74. The maximum Gasteiger partial charge on any atom is 0.262 e. The fourth-order valence-corrected chi connectivity index (χ4v) is 4.87. The van der Waals surface area contributed by atoms with Gasteiger partial charge in [0.2, 0.25) is 0 Å². The van der Waals surface area contributed by atoms with Crippen molar-refractivity contribution in [2.45, 2.75) is 30.3 Å². The number of piperidine rings is 1. The van der Waals surface area contributed by atoms with Crippen molar-refractivity contribution >= 4 is 38.8 Å². The number of hydrogen-bond donors (Lipinski definition) is 1. The van der Waals surface area contributed by atoms with E-state index in [1.54, 1.807) is 7.05 Å². The van der Waals surface area contributed by atoms with Gasteiger partial charge in [0.05, 0.1) is 22.2 Å². The molecule has 0 aliphatic carbocycles. The molecule has 2 rings (SSSR count). The highest BCUT2D eigenvalue weighted by Gasteiger charge is 2.37. The quantitative estimate of drug-likeness (QED) is 0.836. The van der Waals surface area contributed by atoms with Gasteiger partial charge in [-0.15, -0.1) is 0 Å². The number of aryl methyl sites for hydroxylation is 1. The van der Waals surface area contributed by atoms with E-state index in [-0.39, 0.29) is 15.0 Å². The second-order valence-electron chi connectivity index (χ2n) is 4.45. The van der Waals surface area contributed by atoms with Crippen LogP contribution in [0.1, 0.15) is 19.3 Å². The molecule has 0 saturated carbocycles. The molecule has 0 radical (unpaired) electrons. The van der Waals surface area contributed by atoms with Crippen LogP contribution in [0.5, 0.6) is 0 Å². The van der Waals surface area contributed by atoms with Crippen molar-refractivity contribution in [2.75, 3.05) is 6.54 Å². The van der Waals surface area contributed by atoms with E-state index >= 15 is 0 Å². The largest absolute Gasteiger partial charge is 0.392 e. The van der Waals surface area contributed by atoms with Gasteiger partial charge >= 0.3 is 0 Å². The molecule has 0 spiro atoms. The molecule has 1 aliphatic rings. The summed E-state index contributed by atoms with van der Waals surface area (Å²) in [5.41, 5.74) is 5.65. The van der Waals surface area contributed by atoms with Crippen molar-refractivity contribution in [2.24, 2.45) is 12.8 Å². The predicted molar refractivity (Wildman–Crippen MR) is 76.5 cm³/mol. The second kappa shape index (κ2) is 5.35. The zero-order chi connectivity index (χ0) is 14.2. The molecular formula is C10H15ClN4O2S2. The smallest absolute Gasteiger partial charge is 0.262 e. The zero-order valence-corrected chi connectivity index (χ0v) is 12.8. The number of aromatic nitrogens is 2. The highest BCUT2D eigenvalue weighted by Crippen LogP contribution is 2.29. The second-order valence-corrected chi connectivity index (χ2v) is 7.14. The predicted octanol–water partition coefficient (Wildman–Crippen LogP) is 0.903.